The third kappa shape index (κ3) is 5.68. The maximum atomic E-state index is 11.2. The second kappa shape index (κ2) is 8.69. The first-order valence-electron chi connectivity index (χ1n) is 9.40. The van der Waals surface area contributed by atoms with E-state index < -0.39 is 10.0 Å². The van der Waals surface area contributed by atoms with Gasteiger partial charge in [0.25, 0.3) is 0 Å². The van der Waals surface area contributed by atoms with Crippen LogP contribution in [-0.2, 0) is 15.4 Å². The van der Waals surface area contributed by atoms with Crippen molar-refractivity contribution in [2.75, 3.05) is 11.5 Å². The average Bonchev–Trinajstić information content (AvgIpc) is 3.08. The van der Waals surface area contributed by atoms with Gasteiger partial charge in [-0.05, 0) is 29.5 Å². The molecule has 0 spiro atoms. The number of hydrogen-bond acceptors (Lipinski definition) is 5. The number of para-hydroxylation sites is 1. The van der Waals surface area contributed by atoms with Crippen molar-refractivity contribution >= 4 is 21.8 Å². The van der Waals surface area contributed by atoms with Crippen molar-refractivity contribution in [3.8, 4) is 17.1 Å². The molecule has 0 aliphatic heterocycles. The van der Waals surface area contributed by atoms with E-state index in [2.05, 4.69) is 55.2 Å². The van der Waals surface area contributed by atoms with Crippen molar-refractivity contribution < 1.29 is 8.42 Å². The molecule has 0 aliphatic rings. The first kappa shape index (κ1) is 21.5. The van der Waals surface area contributed by atoms with Crippen molar-refractivity contribution in [3.05, 3.63) is 60.2 Å². The molecule has 1 heterocycles. The van der Waals surface area contributed by atoms with Crippen LogP contribution in [0.2, 0.25) is 0 Å². The third-order valence-corrected chi connectivity index (χ3v) is 6.33. The van der Waals surface area contributed by atoms with E-state index in [0.29, 0.717) is 12.2 Å². The van der Waals surface area contributed by atoms with Gasteiger partial charge in [0, 0.05) is 17.0 Å². The third-order valence-electron chi connectivity index (χ3n) is 4.46. The van der Waals surface area contributed by atoms with E-state index in [4.69, 9.17) is 5.14 Å². The number of sulfonamides is 1. The molecule has 3 rings (SSSR count). The minimum atomic E-state index is -3.45. The number of thioether (sulfide) groups is 1. The Balaban J connectivity index is 1.92. The summed E-state index contributed by atoms with van der Waals surface area (Å²) in [5.41, 5.74) is 3.27. The number of nitrogens with zero attached hydrogens (tertiary/aromatic N) is 3. The van der Waals surface area contributed by atoms with Gasteiger partial charge in [0.2, 0.25) is 10.0 Å². The maximum absolute atomic E-state index is 11.2. The number of primary sulfonamides is 1. The van der Waals surface area contributed by atoms with E-state index in [-0.39, 0.29) is 11.2 Å². The molecule has 0 aliphatic carbocycles. The number of rotatable bonds is 7. The zero-order valence-corrected chi connectivity index (χ0v) is 18.5. The summed E-state index contributed by atoms with van der Waals surface area (Å²) < 4.78 is 24.3. The normalized spacial score (nSPS) is 12.3. The van der Waals surface area contributed by atoms with E-state index in [1.807, 2.05) is 34.9 Å². The summed E-state index contributed by atoms with van der Waals surface area (Å²) in [5, 5.41) is 14.6. The van der Waals surface area contributed by atoms with Crippen LogP contribution in [0, 0.1) is 0 Å². The topological polar surface area (TPSA) is 90.9 Å². The summed E-state index contributed by atoms with van der Waals surface area (Å²) in [6.45, 7) is 6.56. The van der Waals surface area contributed by atoms with Crippen molar-refractivity contribution in [1.29, 1.82) is 0 Å². The summed E-state index contributed by atoms with van der Waals surface area (Å²) in [7, 11) is -3.45. The van der Waals surface area contributed by atoms with Gasteiger partial charge in [0.1, 0.15) is 0 Å². The van der Waals surface area contributed by atoms with Gasteiger partial charge in [-0.1, -0.05) is 75.0 Å². The molecular formula is C21H26N4O2S2. The Morgan fingerprint density at radius 1 is 1.00 bits per heavy atom. The van der Waals surface area contributed by atoms with Crippen LogP contribution >= 0.6 is 11.8 Å². The number of hydrogen-bond donors (Lipinski definition) is 1. The lowest BCUT2D eigenvalue weighted by atomic mass is 9.87. The second-order valence-corrected chi connectivity index (χ2v) is 10.7. The molecule has 0 radical (unpaired) electrons. The number of benzene rings is 2. The quantitative estimate of drug-likeness (QED) is 0.452. The zero-order chi connectivity index (χ0) is 21.1. The lowest BCUT2D eigenvalue weighted by molar-refractivity contribution is 0.590. The molecule has 0 saturated heterocycles. The predicted octanol–water partition coefficient (Wildman–Crippen LogP) is 4.00. The molecule has 0 atom stereocenters. The molecule has 1 aromatic heterocycles. The smallest absolute Gasteiger partial charge is 0.209 e. The molecule has 2 N–H and O–H groups in total. The summed E-state index contributed by atoms with van der Waals surface area (Å²) in [4.78, 5) is 0. The van der Waals surface area contributed by atoms with Gasteiger partial charge in [0.05, 0.1) is 5.75 Å². The first-order chi connectivity index (χ1) is 13.6. The van der Waals surface area contributed by atoms with Crippen LogP contribution in [0.5, 0.6) is 0 Å². The highest BCUT2D eigenvalue weighted by atomic mass is 32.2. The molecule has 0 fully saturated rings. The van der Waals surface area contributed by atoms with Crippen molar-refractivity contribution in [3.63, 3.8) is 0 Å². The van der Waals surface area contributed by atoms with Crippen molar-refractivity contribution in [2.24, 2.45) is 5.14 Å². The van der Waals surface area contributed by atoms with E-state index in [0.717, 1.165) is 22.2 Å². The Labute approximate surface area is 176 Å². The van der Waals surface area contributed by atoms with E-state index in [1.54, 1.807) is 0 Å². The molecule has 0 unspecified atom stereocenters. The highest BCUT2D eigenvalue weighted by Crippen LogP contribution is 2.30. The lowest BCUT2D eigenvalue weighted by Crippen LogP contribution is -2.16. The molecule has 29 heavy (non-hydrogen) atoms. The van der Waals surface area contributed by atoms with Crippen molar-refractivity contribution in [1.82, 2.24) is 14.8 Å². The Hall–Kier alpha value is -2.16. The first-order valence-corrected chi connectivity index (χ1v) is 12.1. The Morgan fingerprint density at radius 3 is 2.24 bits per heavy atom. The molecular weight excluding hydrogens is 404 g/mol. The van der Waals surface area contributed by atoms with Gasteiger partial charge in [-0.15, -0.1) is 10.2 Å². The van der Waals surface area contributed by atoms with E-state index in [9.17, 15) is 8.42 Å². The minimum absolute atomic E-state index is 0.0411. The van der Waals surface area contributed by atoms with E-state index >= 15 is 0 Å². The largest absolute Gasteiger partial charge is 0.270 e. The molecule has 0 saturated carbocycles. The zero-order valence-electron chi connectivity index (χ0n) is 16.9. The predicted molar refractivity (Wildman–Crippen MR) is 119 cm³/mol. The summed E-state index contributed by atoms with van der Waals surface area (Å²) >= 11 is 1.47. The van der Waals surface area contributed by atoms with Gasteiger partial charge in [-0.25, -0.2) is 13.6 Å². The number of nitrogens with two attached hydrogens (primary N) is 1. The maximum Gasteiger partial charge on any atom is 0.209 e. The Morgan fingerprint density at radius 2 is 1.66 bits per heavy atom. The van der Waals surface area contributed by atoms with Gasteiger partial charge in [0.15, 0.2) is 11.0 Å². The fourth-order valence-corrected chi connectivity index (χ4v) is 4.52. The molecule has 0 bridgehead atoms. The van der Waals surface area contributed by atoms with Gasteiger partial charge < -0.3 is 0 Å². The summed E-state index contributed by atoms with van der Waals surface area (Å²) in [5.74, 6) is 1.30. The lowest BCUT2D eigenvalue weighted by Gasteiger charge is -2.19. The van der Waals surface area contributed by atoms with Gasteiger partial charge in [-0.2, -0.15) is 0 Å². The highest BCUT2D eigenvalue weighted by Gasteiger charge is 2.18. The fraction of sp³-hybridized carbons (Fsp3) is 0.333. The Kier molecular flexibility index (Phi) is 6.45. The van der Waals surface area contributed by atoms with Crippen LogP contribution in [0.25, 0.3) is 17.1 Å². The van der Waals surface area contributed by atoms with Gasteiger partial charge >= 0.3 is 0 Å². The van der Waals surface area contributed by atoms with Gasteiger partial charge in [-0.3, -0.25) is 4.57 Å². The van der Waals surface area contributed by atoms with Crippen LogP contribution in [0.1, 0.15) is 32.8 Å². The monoisotopic (exact) mass is 430 g/mol. The molecule has 6 nitrogen and oxygen atoms in total. The molecule has 2 aromatic carbocycles. The van der Waals surface area contributed by atoms with Crippen LogP contribution in [0.4, 0.5) is 0 Å². The molecule has 0 amide bonds. The standard InChI is InChI=1S/C21H26N4O2S2/c1-21(2,3)17-12-10-16(11-13-17)19-23-24-20(28-14-7-15-29(22,26)27)25(19)18-8-5-4-6-9-18/h4-6,8-13H,7,14-15H2,1-3H3,(H2,22,26,27). The molecule has 154 valence electrons. The fourth-order valence-electron chi connectivity index (χ4n) is 2.90. The SMILES string of the molecule is CC(C)(C)c1ccc(-c2nnc(SCCCS(N)(=O)=O)n2-c2ccccc2)cc1. The van der Waals surface area contributed by atoms with Crippen LogP contribution in [0.15, 0.2) is 59.8 Å². The van der Waals surface area contributed by atoms with Crippen LogP contribution in [0.3, 0.4) is 0 Å². The second-order valence-electron chi connectivity index (χ2n) is 7.87. The minimum Gasteiger partial charge on any atom is -0.270 e. The number of aromatic nitrogens is 3. The van der Waals surface area contributed by atoms with Crippen LogP contribution in [-0.4, -0.2) is 34.7 Å². The van der Waals surface area contributed by atoms with Crippen molar-refractivity contribution in [2.45, 2.75) is 37.8 Å². The highest BCUT2D eigenvalue weighted by molar-refractivity contribution is 7.99. The Bertz CT molecular complexity index is 1050. The van der Waals surface area contributed by atoms with Crippen LogP contribution < -0.4 is 5.14 Å². The van der Waals surface area contributed by atoms with E-state index in [1.165, 1.54) is 17.3 Å². The summed E-state index contributed by atoms with van der Waals surface area (Å²) in [6.07, 6.45) is 0.459. The molecule has 8 heteroatoms. The summed E-state index contributed by atoms with van der Waals surface area (Å²) in [6, 6.07) is 18.3. The average molecular weight is 431 g/mol. The molecule has 3 aromatic rings.